The fourth-order valence-corrected chi connectivity index (χ4v) is 3.07. The summed E-state index contributed by atoms with van der Waals surface area (Å²) in [5.74, 6) is 0.310. The predicted octanol–water partition coefficient (Wildman–Crippen LogP) is 1.30. The second-order valence-electron chi connectivity index (χ2n) is 5.96. The number of carbonyl (C=O) groups is 1. The normalized spacial score (nSPS) is 31.3. The van der Waals surface area contributed by atoms with Gasteiger partial charge in [-0.1, -0.05) is 0 Å². The number of alkyl halides is 1. The van der Waals surface area contributed by atoms with E-state index in [1.165, 1.54) is 19.8 Å². The Bertz CT molecular complexity index is 306. The Morgan fingerprint density at radius 3 is 2.53 bits per heavy atom. The highest BCUT2D eigenvalue weighted by Gasteiger charge is 2.32. The summed E-state index contributed by atoms with van der Waals surface area (Å²) >= 11 is 0. The number of carbonyl (C=O) groups excluding carboxylic acids is 1. The van der Waals surface area contributed by atoms with Crippen LogP contribution in [0.5, 0.6) is 0 Å². The fourth-order valence-electron chi connectivity index (χ4n) is 3.07. The van der Waals surface area contributed by atoms with Crippen molar-refractivity contribution >= 4 is 5.97 Å². The molecule has 19 heavy (non-hydrogen) atoms. The van der Waals surface area contributed by atoms with Crippen LogP contribution in [0.3, 0.4) is 0 Å². The molecule has 0 saturated carbocycles. The molecule has 0 radical (unpaired) electrons. The number of nitrogens with zero attached hydrogens (tertiary/aromatic N) is 2. The van der Waals surface area contributed by atoms with E-state index >= 15 is 0 Å². The van der Waals surface area contributed by atoms with E-state index in [4.69, 9.17) is 4.74 Å². The van der Waals surface area contributed by atoms with E-state index in [1.54, 1.807) is 0 Å². The summed E-state index contributed by atoms with van der Waals surface area (Å²) in [6.07, 6.45) is 1.46. The first-order valence-corrected chi connectivity index (χ1v) is 7.27. The first kappa shape index (κ1) is 14.7. The van der Waals surface area contributed by atoms with Gasteiger partial charge in [0.25, 0.3) is 0 Å². The van der Waals surface area contributed by atoms with Gasteiger partial charge in [-0.2, -0.15) is 0 Å². The first-order valence-electron chi connectivity index (χ1n) is 7.27. The van der Waals surface area contributed by atoms with Gasteiger partial charge in [-0.05, 0) is 38.9 Å². The standard InChI is InChI=1S/C14H25FN2O2/c1-11(18)19-14-5-8-17(10-13(14)15)9-12-3-6-16(2)7-4-12/h12-14H,3-10H2,1-2H3/t13-,14-/m1/s1. The number of ether oxygens (including phenoxy) is 1. The van der Waals surface area contributed by atoms with Gasteiger partial charge in [0.15, 0.2) is 0 Å². The lowest BCUT2D eigenvalue weighted by molar-refractivity contribution is -0.153. The van der Waals surface area contributed by atoms with Crippen molar-refractivity contribution in [2.45, 2.75) is 38.5 Å². The number of piperidine rings is 2. The summed E-state index contributed by atoms with van der Waals surface area (Å²) in [6.45, 7) is 5.87. The summed E-state index contributed by atoms with van der Waals surface area (Å²) in [7, 11) is 2.15. The fraction of sp³-hybridized carbons (Fsp3) is 0.929. The molecule has 0 aromatic heterocycles. The number of hydrogen-bond acceptors (Lipinski definition) is 4. The minimum atomic E-state index is -1.04. The van der Waals surface area contributed by atoms with Crippen molar-refractivity contribution in [2.24, 2.45) is 5.92 Å². The van der Waals surface area contributed by atoms with Crippen molar-refractivity contribution in [1.29, 1.82) is 0 Å². The lowest BCUT2D eigenvalue weighted by atomic mass is 9.95. The molecule has 2 fully saturated rings. The molecule has 2 heterocycles. The summed E-state index contributed by atoms with van der Waals surface area (Å²) in [5, 5.41) is 0. The number of likely N-dealkylation sites (tertiary alicyclic amines) is 2. The van der Waals surface area contributed by atoms with Crippen LogP contribution in [0, 0.1) is 5.92 Å². The molecule has 0 spiro atoms. The third kappa shape index (κ3) is 4.42. The minimum Gasteiger partial charge on any atom is -0.459 e. The summed E-state index contributed by atoms with van der Waals surface area (Å²) < 4.78 is 19.0. The lowest BCUT2D eigenvalue weighted by Gasteiger charge is -2.37. The van der Waals surface area contributed by atoms with Gasteiger partial charge in [0.05, 0.1) is 0 Å². The van der Waals surface area contributed by atoms with Crippen LogP contribution in [0.1, 0.15) is 26.2 Å². The molecule has 5 heteroatoms. The van der Waals surface area contributed by atoms with Gasteiger partial charge in [-0.15, -0.1) is 0 Å². The highest BCUT2D eigenvalue weighted by Crippen LogP contribution is 2.22. The Morgan fingerprint density at radius 2 is 1.95 bits per heavy atom. The predicted molar refractivity (Wildman–Crippen MR) is 71.7 cm³/mol. The zero-order valence-electron chi connectivity index (χ0n) is 12.0. The molecule has 0 N–H and O–H groups in total. The number of rotatable bonds is 3. The molecule has 4 nitrogen and oxygen atoms in total. The van der Waals surface area contributed by atoms with E-state index in [-0.39, 0.29) is 5.97 Å². The minimum absolute atomic E-state index is 0.378. The average molecular weight is 272 g/mol. The lowest BCUT2D eigenvalue weighted by Crippen LogP contribution is -2.48. The first-order chi connectivity index (χ1) is 9.04. The van der Waals surface area contributed by atoms with Gasteiger partial charge >= 0.3 is 5.97 Å². The maximum atomic E-state index is 13.9. The Hall–Kier alpha value is -0.680. The molecule has 110 valence electrons. The van der Waals surface area contributed by atoms with Crippen molar-refractivity contribution in [1.82, 2.24) is 9.80 Å². The summed E-state index contributed by atoms with van der Waals surface area (Å²) in [6, 6.07) is 0. The molecule has 0 aromatic rings. The molecular weight excluding hydrogens is 247 g/mol. The molecule has 2 saturated heterocycles. The van der Waals surface area contributed by atoms with E-state index < -0.39 is 12.3 Å². The zero-order chi connectivity index (χ0) is 13.8. The third-order valence-electron chi connectivity index (χ3n) is 4.24. The van der Waals surface area contributed by atoms with Gasteiger partial charge in [0, 0.05) is 33.0 Å². The highest BCUT2D eigenvalue weighted by atomic mass is 19.1. The second-order valence-corrected chi connectivity index (χ2v) is 5.96. The van der Waals surface area contributed by atoms with Crippen molar-refractivity contribution < 1.29 is 13.9 Å². The van der Waals surface area contributed by atoms with Crippen molar-refractivity contribution in [3.63, 3.8) is 0 Å². The summed E-state index contributed by atoms with van der Waals surface area (Å²) in [4.78, 5) is 15.4. The van der Waals surface area contributed by atoms with Crippen molar-refractivity contribution in [3.8, 4) is 0 Å². The van der Waals surface area contributed by atoms with Gasteiger partial charge in [0.1, 0.15) is 12.3 Å². The number of hydrogen-bond donors (Lipinski definition) is 0. The molecule has 2 aliphatic heterocycles. The van der Waals surface area contributed by atoms with Crippen LogP contribution >= 0.6 is 0 Å². The molecule has 2 atom stereocenters. The molecule has 0 bridgehead atoms. The molecule has 2 aliphatic rings. The van der Waals surface area contributed by atoms with E-state index in [9.17, 15) is 9.18 Å². The molecule has 0 amide bonds. The maximum Gasteiger partial charge on any atom is 0.303 e. The van der Waals surface area contributed by atoms with Crippen LogP contribution in [0.2, 0.25) is 0 Å². The van der Waals surface area contributed by atoms with E-state index in [0.29, 0.717) is 18.9 Å². The largest absolute Gasteiger partial charge is 0.459 e. The van der Waals surface area contributed by atoms with Crippen molar-refractivity contribution in [3.05, 3.63) is 0 Å². The molecule has 0 aromatic carbocycles. The Kier molecular flexibility index (Phi) is 5.16. The molecule has 0 unspecified atom stereocenters. The van der Waals surface area contributed by atoms with Gasteiger partial charge < -0.3 is 9.64 Å². The number of esters is 1. The van der Waals surface area contributed by atoms with Crippen LogP contribution in [0.25, 0.3) is 0 Å². The molecule has 2 rings (SSSR count). The Balaban J connectivity index is 1.74. The molecular formula is C14H25FN2O2. The van der Waals surface area contributed by atoms with Crippen LogP contribution in [0.4, 0.5) is 4.39 Å². The molecule has 0 aliphatic carbocycles. The summed E-state index contributed by atoms with van der Waals surface area (Å²) in [5.41, 5.74) is 0. The van der Waals surface area contributed by atoms with E-state index in [0.717, 1.165) is 26.2 Å². The van der Waals surface area contributed by atoms with Crippen LogP contribution in [0.15, 0.2) is 0 Å². The van der Waals surface area contributed by atoms with Gasteiger partial charge in [-0.25, -0.2) is 4.39 Å². The smallest absolute Gasteiger partial charge is 0.303 e. The second kappa shape index (κ2) is 6.66. The number of halogens is 1. The van der Waals surface area contributed by atoms with Crippen LogP contribution in [-0.4, -0.2) is 67.8 Å². The third-order valence-corrected chi connectivity index (χ3v) is 4.24. The van der Waals surface area contributed by atoms with Crippen LogP contribution < -0.4 is 0 Å². The van der Waals surface area contributed by atoms with Crippen molar-refractivity contribution in [2.75, 3.05) is 39.8 Å². The van der Waals surface area contributed by atoms with E-state index in [2.05, 4.69) is 16.8 Å². The Morgan fingerprint density at radius 1 is 1.26 bits per heavy atom. The highest BCUT2D eigenvalue weighted by molar-refractivity contribution is 5.66. The zero-order valence-corrected chi connectivity index (χ0v) is 12.0. The maximum absolute atomic E-state index is 13.9. The topological polar surface area (TPSA) is 32.8 Å². The quantitative estimate of drug-likeness (QED) is 0.725. The van der Waals surface area contributed by atoms with Gasteiger partial charge in [0.2, 0.25) is 0 Å². The average Bonchev–Trinajstić information content (AvgIpc) is 2.35. The SMILES string of the molecule is CC(=O)O[C@@H]1CCN(CC2CCN(C)CC2)C[C@H]1F. The monoisotopic (exact) mass is 272 g/mol. The Labute approximate surface area is 114 Å². The van der Waals surface area contributed by atoms with E-state index in [1.807, 2.05) is 0 Å². The van der Waals surface area contributed by atoms with Gasteiger partial charge in [-0.3, -0.25) is 9.69 Å². The van der Waals surface area contributed by atoms with Crippen LogP contribution in [-0.2, 0) is 9.53 Å².